The van der Waals surface area contributed by atoms with Crippen molar-refractivity contribution >= 4 is 41.5 Å². The molecule has 0 bridgehead atoms. The van der Waals surface area contributed by atoms with Crippen LogP contribution in [0.3, 0.4) is 0 Å². The fraction of sp³-hybridized carbons (Fsp3) is 0.417. The van der Waals surface area contributed by atoms with Gasteiger partial charge in [0.15, 0.2) is 5.96 Å². The molecule has 0 spiro atoms. The fourth-order valence-corrected chi connectivity index (χ4v) is 3.08. The SMILES string of the molecule is CCNC(=NCc1cccc(NC(C)=O)c1)NCc1ccc(C)cc1OCC1CC1.I. The van der Waals surface area contributed by atoms with E-state index in [0.717, 1.165) is 47.6 Å². The summed E-state index contributed by atoms with van der Waals surface area (Å²) in [5, 5.41) is 9.50. The van der Waals surface area contributed by atoms with Crippen molar-refractivity contribution in [3.05, 3.63) is 59.2 Å². The molecule has 2 aromatic carbocycles. The zero-order valence-corrected chi connectivity index (χ0v) is 20.9. The van der Waals surface area contributed by atoms with Gasteiger partial charge in [-0.05, 0) is 61.9 Å². The number of anilines is 1. The molecular formula is C24H33IN4O2. The van der Waals surface area contributed by atoms with Gasteiger partial charge in [-0.3, -0.25) is 4.79 Å². The van der Waals surface area contributed by atoms with E-state index in [0.29, 0.717) is 13.1 Å². The van der Waals surface area contributed by atoms with Crippen LogP contribution in [0.4, 0.5) is 5.69 Å². The van der Waals surface area contributed by atoms with Gasteiger partial charge < -0.3 is 20.7 Å². The molecule has 0 heterocycles. The zero-order chi connectivity index (χ0) is 21.3. The van der Waals surface area contributed by atoms with E-state index in [4.69, 9.17) is 9.73 Å². The second kappa shape index (κ2) is 12.5. The number of aliphatic imine (C=N–C) groups is 1. The molecule has 3 rings (SSSR count). The molecular weight excluding hydrogens is 503 g/mol. The molecule has 0 unspecified atom stereocenters. The van der Waals surface area contributed by atoms with Gasteiger partial charge in [0, 0.05) is 31.3 Å². The predicted molar refractivity (Wildman–Crippen MR) is 137 cm³/mol. The Morgan fingerprint density at radius 2 is 1.97 bits per heavy atom. The van der Waals surface area contributed by atoms with Crippen LogP contribution in [0.15, 0.2) is 47.5 Å². The molecule has 6 nitrogen and oxygen atoms in total. The lowest BCUT2D eigenvalue weighted by atomic mass is 10.1. The first-order valence-electron chi connectivity index (χ1n) is 10.6. The molecule has 3 N–H and O–H groups in total. The number of carbonyl (C=O) groups excluding carboxylic acids is 1. The van der Waals surface area contributed by atoms with Crippen molar-refractivity contribution in [3.8, 4) is 5.75 Å². The number of ether oxygens (including phenoxy) is 1. The number of nitrogens with zero attached hydrogens (tertiary/aromatic N) is 1. The number of benzene rings is 2. The number of aryl methyl sites for hydroxylation is 1. The first-order valence-corrected chi connectivity index (χ1v) is 10.6. The Bertz CT molecular complexity index is 897. The van der Waals surface area contributed by atoms with E-state index in [-0.39, 0.29) is 29.9 Å². The Balaban J connectivity index is 0.00000341. The lowest BCUT2D eigenvalue weighted by Crippen LogP contribution is -2.36. The van der Waals surface area contributed by atoms with Crippen LogP contribution >= 0.6 is 24.0 Å². The van der Waals surface area contributed by atoms with E-state index >= 15 is 0 Å². The summed E-state index contributed by atoms with van der Waals surface area (Å²) in [6, 6.07) is 14.1. The third-order valence-electron chi connectivity index (χ3n) is 4.85. The minimum absolute atomic E-state index is 0. The van der Waals surface area contributed by atoms with E-state index in [1.807, 2.05) is 31.2 Å². The van der Waals surface area contributed by atoms with Crippen molar-refractivity contribution in [2.45, 2.75) is 46.7 Å². The molecule has 0 aromatic heterocycles. The molecule has 168 valence electrons. The molecule has 1 fully saturated rings. The van der Waals surface area contributed by atoms with Crippen LogP contribution in [0.5, 0.6) is 5.75 Å². The van der Waals surface area contributed by atoms with Crippen molar-refractivity contribution in [2.75, 3.05) is 18.5 Å². The van der Waals surface area contributed by atoms with Gasteiger partial charge in [-0.25, -0.2) is 4.99 Å². The molecule has 1 amide bonds. The average molecular weight is 536 g/mol. The number of nitrogens with one attached hydrogen (secondary N) is 3. The summed E-state index contributed by atoms with van der Waals surface area (Å²) in [6.07, 6.45) is 2.56. The van der Waals surface area contributed by atoms with E-state index in [1.54, 1.807) is 0 Å². The van der Waals surface area contributed by atoms with Gasteiger partial charge in [-0.15, -0.1) is 24.0 Å². The third kappa shape index (κ3) is 8.77. The summed E-state index contributed by atoms with van der Waals surface area (Å²) in [6.45, 7) is 8.36. The summed E-state index contributed by atoms with van der Waals surface area (Å²) >= 11 is 0. The quantitative estimate of drug-likeness (QED) is 0.249. The largest absolute Gasteiger partial charge is 0.493 e. The van der Waals surface area contributed by atoms with Crippen molar-refractivity contribution < 1.29 is 9.53 Å². The third-order valence-corrected chi connectivity index (χ3v) is 4.85. The van der Waals surface area contributed by atoms with Crippen molar-refractivity contribution in [2.24, 2.45) is 10.9 Å². The average Bonchev–Trinajstić information content (AvgIpc) is 3.54. The van der Waals surface area contributed by atoms with Crippen LogP contribution in [0.25, 0.3) is 0 Å². The molecule has 0 atom stereocenters. The Labute approximate surface area is 202 Å². The van der Waals surface area contributed by atoms with Crippen LogP contribution < -0.4 is 20.7 Å². The minimum atomic E-state index is -0.0801. The molecule has 1 aliphatic carbocycles. The van der Waals surface area contributed by atoms with E-state index in [2.05, 4.69) is 41.1 Å². The molecule has 0 aliphatic heterocycles. The van der Waals surface area contributed by atoms with E-state index < -0.39 is 0 Å². The molecule has 7 heteroatoms. The van der Waals surface area contributed by atoms with Crippen LogP contribution in [0.2, 0.25) is 0 Å². The number of hydrogen-bond donors (Lipinski definition) is 3. The molecule has 0 radical (unpaired) electrons. The Kier molecular flexibility index (Phi) is 10.1. The number of carbonyl (C=O) groups is 1. The Hall–Kier alpha value is -2.29. The van der Waals surface area contributed by atoms with Gasteiger partial charge in [0.2, 0.25) is 5.91 Å². The summed E-state index contributed by atoms with van der Waals surface area (Å²) in [4.78, 5) is 16.0. The first-order chi connectivity index (χ1) is 14.5. The van der Waals surface area contributed by atoms with Crippen LogP contribution in [0.1, 0.15) is 43.4 Å². The standard InChI is InChI=1S/C24H32N4O2.HI/c1-4-25-24(26-14-20-6-5-7-22(13-20)28-18(3)29)27-15-21-11-8-17(2)12-23(21)30-16-19-9-10-19;/h5-8,11-13,19H,4,9-10,14-16H2,1-3H3,(H,28,29)(H2,25,26,27);1H. The fourth-order valence-electron chi connectivity index (χ4n) is 3.08. The van der Waals surface area contributed by atoms with Gasteiger partial charge in [-0.1, -0.05) is 24.3 Å². The maximum atomic E-state index is 11.3. The van der Waals surface area contributed by atoms with E-state index in [9.17, 15) is 4.79 Å². The van der Waals surface area contributed by atoms with Crippen LogP contribution in [0, 0.1) is 12.8 Å². The smallest absolute Gasteiger partial charge is 0.221 e. The van der Waals surface area contributed by atoms with Gasteiger partial charge >= 0.3 is 0 Å². The molecule has 0 saturated heterocycles. The van der Waals surface area contributed by atoms with Crippen molar-refractivity contribution in [3.63, 3.8) is 0 Å². The second-order valence-corrected chi connectivity index (χ2v) is 7.80. The highest BCUT2D eigenvalue weighted by atomic mass is 127. The maximum Gasteiger partial charge on any atom is 0.221 e. The van der Waals surface area contributed by atoms with Crippen molar-refractivity contribution in [1.29, 1.82) is 0 Å². The summed E-state index contributed by atoms with van der Waals surface area (Å²) in [7, 11) is 0. The normalized spacial score (nSPS) is 13.2. The number of amides is 1. The number of halogens is 1. The Morgan fingerprint density at radius 1 is 1.16 bits per heavy atom. The van der Waals surface area contributed by atoms with Gasteiger partial charge in [0.25, 0.3) is 0 Å². The first kappa shape index (κ1) is 25.0. The summed E-state index contributed by atoms with van der Waals surface area (Å²) in [5.41, 5.74) is 4.14. The lowest BCUT2D eigenvalue weighted by molar-refractivity contribution is -0.114. The monoisotopic (exact) mass is 536 g/mol. The molecule has 2 aromatic rings. The highest BCUT2D eigenvalue weighted by Crippen LogP contribution is 2.30. The zero-order valence-electron chi connectivity index (χ0n) is 18.5. The summed E-state index contributed by atoms with van der Waals surface area (Å²) < 4.78 is 6.07. The predicted octanol–water partition coefficient (Wildman–Crippen LogP) is 4.62. The van der Waals surface area contributed by atoms with Gasteiger partial charge in [0.1, 0.15) is 5.75 Å². The molecule has 31 heavy (non-hydrogen) atoms. The molecule has 1 aliphatic rings. The van der Waals surface area contributed by atoms with Crippen molar-refractivity contribution in [1.82, 2.24) is 10.6 Å². The Morgan fingerprint density at radius 3 is 2.68 bits per heavy atom. The number of guanidine groups is 1. The lowest BCUT2D eigenvalue weighted by Gasteiger charge is -2.15. The molecule has 1 saturated carbocycles. The van der Waals surface area contributed by atoms with Crippen LogP contribution in [-0.4, -0.2) is 25.0 Å². The maximum absolute atomic E-state index is 11.3. The minimum Gasteiger partial charge on any atom is -0.493 e. The topological polar surface area (TPSA) is 74.8 Å². The highest BCUT2D eigenvalue weighted by molar-refractivity contribution is 14.0. The highest BCUT2D eigenvalue weighted by Gasteiger charge is 2.22. The van der Waals surface area contributed by atoms with E-state index in [1.165, 1.54) is 25.3 Å². The van der Waals surface area contributed by atoms with Gasteiger partial charge in [-0.2, -0.15) is 0 Å². The second-order valence-electron chi connectivity index (χ2n) is 7.80. The summed E-state index contributed by atoms with van der Waals surface area (Å²) in [5.74, 6) is 2.34. The number of hydrogen-bond acceptors (Lipinski definition) is 3. The van der Waals surface area contributed by atoms with Crippen LogP contribution in [-0.2, 0) is 17.9 Å². The number of rotatable bonds is 9. The van der Waals surface area contributed by atoms with Gasteiger partial charge in [0.05, 0.1) is 13.2 Å².